The van der Waals surface area contributed by atoms with Crippen molar-refractivity contribution in [1.82, 2.24) is 9.80 Å². The minimum absolute atomic E-state index is 0.172. The lowest BCUT2D eigenvalue weighted by Crippen LogP contribution is -2.47. The van der Waals surface area contributed by atoms with Crippen LogP contribution in [0.3, 0.4) is 0 Å². The van der Waals surface area contributed by atoms with Gasteiger partial charge in [0, 0.05) is 36.2 Å². The molecule has 1 saturated heterocycles. The molecule has 0 unspecified atom stereocenters. The van der Waals surface area contributed by atoms with Crippen LogP contribution in [0.1, 0.15) is 21.5 Å². The summed E-state index contributed by atoms with van der Waals surface area (Å²) in [5.41, 5.74) is 2.96. The summed E-state index contributed by atoms with van der Waals surface area (Å²) in [6, 6.07) is 4.02. The summed E-state index contributed by atoms with van der Waals surface area (Å²) in [7, 11) is 2.10. The van der Waals surface area contributed by atoms with Crippen molar-refractivity contribution in [2.75, 3.05) is 33.2 Å². The number of halogens is 1. The topological polar surface area (TPSA) is 23.6 Å². The van der Waals surface area contributed by atoms with E-state index in [2.05, 4.69) is 27.9 Å². The Bertz CT molecular complexity index is 442. The van der Waals surface area contributed by atoms with Gasteiger partial charge in [-0.1, -0.05) is 15.9 Å². The number of aryl methyl sites for hydroxylation is 2. The molecule has 2 rings (SSSR count). The van der Waals surface area contributed by atoms with Gasteiger partial charge >= 0.3 is 0 Å². The quantitative estimate of drug-likeness (QED) is 0.795. The minimum Gasteiger partial charge on any atom is -0.336 e. The van der Waals surface area contributed by atoms with Crippen LogP contribution >= 0.6 is 15.9 Å². The molecule has 98 valence electrons. The Balaban J connectivity index is 2.24. The Labute approximate surface area is 117 Å². The van der Waals surface area contributed by atoms with Crippen LogP contribution in [0.25, 0.3) is 0 Å². The first-order valence-corrected chi connectivity index (χ1v) is 7.03. The van der Waals surface area contributed by atoms with Gasteiger partial charge in [-0.25, -0.2) is 0 Å². The summed E-state index contributed by atoms with van der Waals surface area (Å²) in [5.74, 6) is 0.172. The highest BCUT2D eigenvalue weighted by Gasteiger charge is 2.22. The maximum Gasteiger partial charge on any atom is 0.254 e. The van der Waals surface area contributed by atoms with Gasteiger partial charge < -0.3 is 9.80 Å². The summed E-state index contributed by atoms with van der Waals surface area (Å²) in [6.07, 6.45) is 0. The minimum atomic E-state index is 0.172. The molecule has 1 fully saturated rings. The van der Waals surface area contributed by atoms with E-state index in [0.717, 1.165) is 47.3 Å². The van der Waals surface area contributed by atoms with Gasteiger partial charge in [-0.15, -0.1) is 0 Å². The number of hydrogen-bond donors (Lipinski definition) is 0. The molecule has 3 nitrogen and oxygen atoms in total. The van der Waals surface area contributed by atoms with Crippen molar-refractivity contribution in [3.05, 3.63) is 33.3 Å². The highest BCUT2D eigenvalue weighted by molar-refractivity contribution is 9.10. The van der Waals surface area contributed by atoms with Crippen molar-refractivity contribution in [3.63, 3.8) is 0 Å². The van der Waals surface area contributed by atoms with E-state index in [4.69, 9.17) is 0 Å². The molecular weight excluding hydrogens is 292 g/mol. The van der Waals surface area contributed by atoms with Crippen LogP contribution in [-0.2, 0) is 0 Å². The summed E-state index contributed by atoms with van der Waals surface area (Å²) in [6.45, 7) is 7.57. The fourth-order valence-corrected chi connectivity index (χ4v) is 3.10. The maximum atomic E-state index is 12.6. The molecule has 0 bridgehead atoms. The first kappa shape index (κ1) is 13.6. The van der Waals surface area contributed by atoms with Crippen molar-refractivity contribution in [2.45, 2.75) is 13.8 Å². The fourth-order valence-electron chi connectivity index (χ4n) is 2.42. The van der Waals surface area contributed by atoms with Gasteiger partial charge in [-0.2, -0.15) is 0 Å². The zero-order valence-corrected chi connectivity index (χ0v) is 12.7. The van der Waals surface area contributed by atoms with E-state index in [1.54, 1.807) is 0 Å². The maximum absolute atomic E-state index is 12.6. The molecule has 0 atom stereocenters. The standard InChI is InChI=1S/C14H19BrN2O/c1-10-8-12(15)9-11(2)13(10)14(18)17-6-4-16(3)5-7-17/h8-9H,4-7H2,1-3H3. The number of nitrogens with zero attached hydrogens (tertiary/aromatic N) is 2. The van der Waals surface area contributed by atoms with Gasteiger partial charge in [0.05, 0.1) is 0 Å². The highest BCUT2D eigenvalue weighted by atomic mass is 79.9. The highest BCUT2D eigenvalue weighted by Crippen LogP contribution is 2.22. The molecule has 0 N–H and O–H groups in total. The van der Waals surface area contributed by atoms with E-state index in [9.17, 15) is 4.79 Å². The lowest BCUT2D eigenvalue weighted by Gasteiger charge is -2.33. The SMILES string of the molecule is Cc1cc(Br)cc(C)c1C(=O)N1CCN(C)CC1. The molecule has 1 aliphatic rings. The second-order valence-electron chi connectivity index (χ2n) is 5.01. The molecular formula is C14H19BrN2O. The number of piperazine rings is 1. The van der Waals surface area contributed by atoms with Crippen LogP contribution in [-0.4, -0.2) is 48.9 Å². The number of rotatable bonds is 1. The van der Waals surface area contributed by atoms with Gasteiger partial charge in [0.2, 0.25) is 0 Å². The Morgan fingerprint density at radius 2 is 1.61 bits per heavy atom. The van der Waals surface area contributed by atoms with Crippen molar-refractivity contribution in [3.8, 4) is 0 Å². The number of carbonyl (C=O) groups is 1. The van der Waals surface area contributed by atoms with Gasteiger partial charge in [-0.3, -0.25) is 4.79 Å². The zero-order chi connectivity index (χ0) is 13.3. The average molecular weight is 311 g/mol. The van der Waals surface area contributed by atoms with Crippen LogP contribution < -0.4 is 0 Å². The number of amides is 1. The normalized spacial score (nSPS) is 17.0. The van der Waals surface area contributed by atoms with Crippen LogP contribution in [0.5, 0.6) is 0 Å². The number of carbonyl (C=O) groups excluding carboxylic acids is 1. The summed E-state index contributed by atoms with van der Waals surface area (Å²) in [4.78, 5) is 16.8. The van der Waals surface area contributed by atoms with E-state index < -0.39 is 0 Å². The fraction of sp³-hybridized carbons (Fsp3) is 0.500. The summed E-state index contributed by atoms with van der Waals surface area (Å²) in [5, 5.41) is 0. The monoisotopic (exact) mass is 310 g/mol. The number of benzene rings is 1. The third kappa shape index (κ3) is 2.75. The molecule has 1 aliphatic heterocycles. The third-order valence-electron chi connectivity index (χ3n) is 3.50. The molecule has 4 heteroatoms. The number of likely N-dealkylation sites (N-methyl/N-ethyl adjacent to an activating group) is 1. The van der Waals surface area contributed by atoms with E-state index >= 15 is 0 Å². The first-order chi connectivity index (χ1) is 8.49. The predicted octanol–water partition coefficient (Wildman–Crippen LogP) is 2.45. The molecule has 1 aromatic rings. The average Bonchev–Trinajstić information content (AvgIpc) is 2.28. The molecule has 18 heavy (non-hydrogen) atoms. The van der Waals surface area contributed by atoms with E-state index in [0.29, 0.717) is 0 Å². The second-order valence-corrected chi connectivity index (χ2v) is 5.93. The van der Waals surface area contributed by atoms with Crippen LogP contribution in [0.15, 0.2) is 16.6 Å². The van der Waals surface area contributed by atoms with Crippen LogP contribution in [0, 0.1) is 13.8 Å². The third-order valence-corrected chi connectivity index (χ3v) is 3.96. The molecule has 1 aromatic carbocycles. The van der Waals surface area contributed by atoms with Gasteiger partial charge in [0.1, 0.15) is 0 Å². The molecule has 0 aromatic heterocycles. The Kier molecular flexibility index (Phi) is 4.07. The van der Waals surface area contributed by atoms with Crippen molar-refractivity contribution in [1.29, 1.82) is 0 Å². The summed E-state index contributed by atoms with van der Waals surface area (Å²) < 4.78 is 1.03. The van der Waals surface area contributed by atoms with E-state index in [1.165, 1.54) is 0 Å². The van der Waals surface area contributed by atoms with Gasteiger partial charge in [0.25, 0.3) is 5.91 Å². The molecule has 0 spiro atoms. The predicted molar refractivity (Wildman–Crippen MR) is 77.0 cm³/mol. The van der Waals surface area contributed by atoms with Crippen molar-refractivity contribution in [2.24, 2.45) is 0 Å². The van der Waals surface area contributed by atoms with E-state index in [1.807, 2.05) is 30.9 Å². The Morgan fingerprint density at radius 3 is 2.11 bits per heavy atom. The lowest BCUT2D eigenvalue weighted by atomic mass is 10.0. The first-order valence-electron chi connectivity index (χ1n) is 6.23. The van der Waals surface area contributed by atoms with Crippen LogP contribution in [0.2, 0.25) is 0 Å². The number of hydrogen-bond acceptors (Lipinski definition) is 2. The smallest absolute Gasteiger partial charge is 0.254 e. The molecule has 0 radical (unpaired) electrons. The van der Waals surface area contributed by atoms with Gasteiger partial charge in [0.15, 0.2) is 0 Å². The van der Waals surface area contributed by atoms with Crippen molar-refractivity contribution < 1.29 is 4.79 Å². The largest absolute Gasteiger partial charge is 0.336 e. The lowest BCUT2D eigenvalue weighted by molar-refractivity contribution is 0.0662. The molecule has 0 saturated carbocycles. The molecule has 1 amide bonds. The van der Waals surface area contributed by atoms with Gasteiger partial charge in [-0.05, 0) is 44.2 Å². The Hall–Kier alpha value is -0.870. The second kappa shape index (κ2) is 5.41. The van der Waals surface area contributed by atoms with E-state index in [-0.39, 0.29) is 5.91 Å². The van der Waals surface area contributed by atoms with Crippen molar-refractivity contribution >= 4 is 21.8 Å². The van der Waals surface area contributed by atoms with Crippen LogP contribution in [0.4, 0.5) is 0 Å². The molecule has 1 heterocycles. The Morgan fingerprint density at radius 1 is 1.11 bits per heavy atom. The summed E-state index contributed by atoms with van der Waals surface area (Å²) >= 11 is 3.47. The zero-order valence-electron chi connectivity index (χ0n) is 11.2. The molecule has 0 aliphatic carbocycles.